The molecule has 1 aromatic rings. The van der Waals surface area contributed by atoms with Gasteiger partial charge in [-0.25, -0.2) is 14.3 Å². The first-order valence-corrected chi connectivity index (χ1v) is 5.06. The highest BCUT2D eigenvalue weighted by atomic mass is 16.5. The number of esters is 2. The largest absolute Gasteiger partial charge is 0.461 e. The molecular formula is C10H13N3O4. The Kier molecular flexibility index (Phi) is 4.38. The van der Waals surface area contributed by atoms with Gasteiger partial charge in [0.05, 0.1) is 19.4 Å². The Morgan fingerprint density at radius 3 is 2.59 bits per heavy atom. The molecule has 0 saturated carbocycles. The zero-order chi connectivity index (χ0) is 12.8. The van der Waals surface area contributed by atoms with Crippen molar-refractivity contribution in [2.24, 2.45) is 0 Å². The summed E-state index contributed by atoms with van der Waals surface area (Å²) < 4.78 is 10.5. The topological polar surface area (TPSA) is 83.3 Å². The average Bonchev–Trinajstić information content (AvgIpc) is 2.78. The van der Waals surface area contributed by atoms with Gasteiger partial charge in [0.25, 0.3) is 0 Å². The van der Waals surface area contributed by atoms with Crippen LogP contribution in [0.5, 0.6) is 0 Å². The van der Waals surface area contributed by atoms with E-state index in [9.17, 15) is 9.59 Å². The molecule has 0 unspecified atom stereocenters. The Bertz CT molecular complexity index is 439. The normalized spacial score (nSPS) is 9.76. The SMILES string of the molecule is C=C(C(=O)OCC)n1cc(C(=O)OCC)nn1. The monoisotopic (exact) mass is 239 g/mol. The summed E-state index contributed by atoms with van der Waals surface area (Å²) in [6.45, 7) is 7.33. The molecule has 0 atom stereocenters. The predicted molar refractivity (Wildman–Crippen MR) is 57.9 cm³/mol. The van der Waals surface area contributed by atoms with Gasteiger partial charge >= 0.3 is 11.9 Å². The van der Waals surface area contributed by atoms with Crippen molar-refractivity contribution in [1.29, 1.82) is 0 Å². The summed E-state index contributed by atoms with van der Waals surface area (Å²) >= 11 is 0. The van der Waals surface area contributed by atoms with E-state index in [-0.39, 0.29) is 24.6 Å². The van der Waals surface area contributed by atoms with E-state index >= 15 is 0 Å². The molecule has 0 aromatic carbocycles. The van der Waals surface area contributed by atoms with Gasteiger partial charge in [-0.1, -0.05) is 11.8 Å². The minimum atomic E-state index is -0.618. The lowest BCUT2D eigenvalue weighted by Gasteiger charge is -2.03. The molecule has 0 fully saturated rings. The summed E-state index contributed by atoms with van der Waals surface area (Å²) in [5.41, 5.74) is -0.00723. The number of nitrogens with zero attached hydrogens (tertiary/aromatic N) is 3. The van der Waals surface area contributed by atoms with Crippen LogP contribution in [-0.4, -0.2) is 40.1 Å². The van der Waals surface area contributed by atoms with Gasteiger partial charge < -0.3 is 9.47 Å². The van der Waals surface area contributed by atoms with E-state index in [0.717, 1.165) is 4.68 Å². The number of ether oxygens (including phenoxy) is 2. The molecule has 7 nitrogen and oxygen atoms in total. The Morgan fingerprint density at radius 2 is 2.00 bits per heavy atom. The maximum Gasteiger partial charge on any atom is 0.360 e. The van der Waals surface area contributed by atoms with Crippen molar-refractivity contribution in [3.63, 3.8) is 0 Å². The van der Waals surface area contributed by atoms with Crippen LogP contribution < -0.4 is 0 Å². The van der Waals surface area contributed by atoms with Gasteiger partial charge in [0.15, 0.2) is 5.69 Å². The Labute approximate surface area is 98.0 Å². The van der Waals surface area contributed by atoms with Crippen LogP contribution in [0.3, 0.4) is 0 Å². The third kappa shape index (κ3) is 3.13. The van der Waals surface area contributed by atoms with Gasteiger partial charge in [0, 0.05) is 0 Å². The molecule has 92 valence electrons. The van der Waals surface area contributed by atoms with Crippen molar-refractivity contribution in [3.8, 4) is 0 Å². The molecule has 1 rings (SSSR count). The first kappa shape index (κ1) is 12.9. The molecule has 0 spiro atoms. The summed E-state index contributed by atoms with van der Waals surface area (Å²) in [7, 11) is 0. The summed E-state index contributed by atoms with van der Waals surface area (Å²) in [6, 6.07) is 0. The highest BCUT2D eigenvalue weighted by molar-refractivity contribution is 6.08. The van der Waals surface area contributed by atoms with Crippen LogP contribution >= 0.6 is 0 Å². The lowest BCUT2D eigenvalue weighted by Crippen LogP contribution is -2.12. The maximum absolute atomic E-state index is 11.3. The fraction of sp³-hybridized carbons (Fsp3) is 0.400. The summed E-state index contributed by atoms with van der Waals surface area (Å²) in [5.74, 6) is -1.22. The first-order valence-electron chi connectivity index (χ1n) is 5.06. The number of carbonyl (C=O) groups excluding carboxylic acids is 2. The molecule has 0 radical (unpaired) electrons. The van der Waals surface area contributed by atoms with Gasteiger partial charge in [-0.05, 0) is 13.8 Å². The van der Waals surface area contributed by atoms with Crippen molar-refractivity contribution in [1.82, 2.24) is 15.0 Å². The number of aromatic nitrogens is 3. The summed E-state index contributed by atoms with van der Waals surface area (Å²) in [5, 5.41) is 7.16. The maximum atomic E-state index is 11.3. The van der Waals surface area contributed by atoms with Gasteiger partial charge in [0.2, 0.25) is 0 Å². The van der Waals surface area contributed by atoms with Gasteiger partial charge in [-0.15, -0.1) is 5.10 Å². The molecule has 0 aliphatic carbocycles. The fourth-order valence-corrected chi connectivity index (χ4v) is 1.00. The number of rotatable bonds is 5. The van der Waals surface area contributed by atoms with Crippen LogP contribution in [0.2, 0.25) is 0 Å². The van der Waals surface area contributed by atoms with Crippen LogP contribution in [0, 0.1) is 0 Å². The highest BCUT2D eigenvalue weighted by Gasteiger charge is 2.16. The zero-order valence-electron chi connectivity index (χ0n) is 9.67. The van der Waals surface area contributed by atoms with Crippen LogP contribution in [0.25, 0.3) is 5.70 Å². The molecule has 0 bridgehead atoms. The van der Waals surface area contributed by atoms with Crippen LogP contribution in [-0.2, 0) is 14.3 Å². The van der Waals surface area contributed by atoms with Crippen LogP contribution in [0.1, 0.15) is 24.3 Å². The molecule has 0 amide bonds. The molecule has 7 heteroatoms. The molecule has 0 saturated heterocycles. The first-order chi connectivity index (χ1) is 8.10. The smallest absolute Gasteiger partial charge is 0.360 e. The average molecular weight is 239 g/mol. The highest BCUT2D eigenvalue weighted by Crippen LogP contribution is 2.04. The van der Waals surface area contributed by atoms with Gasteiger partial charge in [-0.2, -0.15) is 0 Å². The third-order valence-electron chi connectivity index (χ3n) is 1.77. The predicted octanol–water partition coefficient (Wildman–Crippen LogP) is 0.489. The number of hydrogen-bond acceptors (Lipinski definition) is 6. The number of carbonyl (C=O) groups is 2. The van der Waals surface area contributed by atoms with Crippen molar-refractivity contribution in [2.45, 2.75) is 13.8 Å². The van der Waals surface area contributed by atoms with E-state index in [1.807, 2.05) is 0 Å². The van der Waals surface area contributed by atoms with Gasteiger partial charge in [0.1, 0.15) is 5.70 Å². The van der Waals surface area contributed by atoms with Crippen molar-refractivity contribution in [3.05, 3.63) is 18.5 Å². The molecular weight excluding hydrogens is 226 g/mol. The standard InChI is InChI=1S/C10H13N3O4/c1-4-16-9(14)7(3)13-6-8(11-12-13)10(15)17-5-2/h6H,3-5H2,1-2H3. The molecule has 17 heavy (non-hydrogen) atoms. The van der Waals surface area contributed by atoms with E-state index in [0.29, 0.717) is 0 Å². The number of hydrogen-bond donors (Lipinski definition) is 0. The Balaban J connectivity index is 2.77. The van der Waals surface area contributed by atoms with E-state index in [2.05, 4.69) is 16.9 Å². The fourth-order valence-electron chi connectivity index (χ4n) is 1.00. The van der Waals surface area contributed by atoms with E-state index in [1.165, 1.54) is 6.20 Å². The minimum absolute atomic E-state index is 0.0114. The van der Waals surface area contributed by atoms with Crippen molar-refractivity contribution >= 4 is 17.6 Å². The second kappa shape index (κ2) is 5.78. The third-order valence-corrected chi connectivity index (χ3v) is 1.77. The molecule has 0 aliphatic rings. The Hall–Kier alpha value is -2.18. The minimum Gasteiger partial charge on any atom is -0.461 e. The molecule has 1 aromatic heterocycles. The summed E-state index contributed by atoms with van der Waals surface area (Å²) in [6.07, 6.45) is 1.26. The quantitative estimate of drug-likeness (QED) is 0.549. The van der Waals surface area contributed by atoms with E-state index in [1.54, 1.807) is 13.8 Å². The zero-order valence-corrected chi connectivity index (χ0v) is 9.67. The molecule has 0 aliphatic heterocycles. The van der Waals surface area contributed by atoms with Crippen molar-refractivity contribution in [2.75, 3.05) is 13.2 Å². The lowest BCUT2D eigenvalue weighted by atomic mass is 10.4. The molecule has 0 N–H and O–H groups in total. The second-order valence-electron chi connectivity index (χ2n) is 2.94. The molecule has 1 heterocycles. The van der Waals surface area contributed by atoms with Crippen LogP contribution in [0.15, 0.2) is 12.8 Å². The second-order valence-corrected chi connectivity index (χ2v) is 2.94. The van der Waals surface area contributed by atoms with Crippen LogP contribution in [0.4, 0.5) is 0 Å². The van der Waals surface area contributed by atoms with E-state index in [4.69, 9.17) is 9.47 Å². The van der Waals surface area contributed by atoms with Crippen molar-refractivity contribution < 1.29 is 19.1 Å². The van der Waals surface area contributed by atoms with E-state index < -0.39 is 11.9 Å². The van der Waals surface area contributed by atoms with Gasteiger partial charge in [-0.3, -0.25) is 0 Å². The Morgan fingerprint density at radius 1 is 1.35 bits per heavy atom. The summed E-state index contributed by atoms with van der Waals surface area (Å²) in [4.78, 5) is 22.6. The lowest BCUT2D eigenvalue weighted by molar-refractivity contribution is -0.136.